The van der Waals surface area contributed by atoms with E-state index >= 15 is 0 Å². The summed E-state index contributed by atoms with van der Waals surface area (Å²) in [5, 5.41) is 11.2. The summed E-state index contributed by atoms with van der Waals surface area (Å²) in [5.41, 5.74) is 1.77. The van der Waals surface area contributed by atoms with Crippen molar-refractivity contribution in [3.63, 3.8) is 0 Å². The van der Waals surface area contributed by atoms with Crippen molar-refractivity contribution in [1.82, 2.24) is 0 Å². The van der Waals surface area contributed by atoms with Gasteiger partial charge in [-0.15, -0.1) is 0 Å². The molecule has 7 atom stereocenters. The van der Waals surface area contributed by atoms with Gasteiger partial charge in [-0.25, -0.2) is 0 Å². The molecule has 0 aromatic carbocycles. The van der Waals surface area contributed by atoms with E-state index in [9.17, 15) is 9.90 Å². The number of ether oxygens (including phenoxy) is 1. The Bertz CT molecular complexity index is 610. The highest BCUT2D eigenvalue weighted by Gasteiger charge is 2.65. The highest BCUT2D eigenvalue weighted by atomic mass is 16.5. The third-order valence-corrected chi connectivity index (χ3v) is 8.80. The SMILES string of the molecule is CC(=O)OC[C@@]1(C)CCC[C@]2(C)[C@@H]1CC[C@]13C=C(C)[C@@H](CC[C@@H]21)C3O. The summed E-state index contributed by atoms with van der Waals surface area (Å²) in [4.78, 5) is 11.4. The summed E-state index contributed by atoms with van der Waals surface area (Å²) in [7, 11) is 0. The minimum Gasteiger partial charge on any atom is -0.465 e. The Balaban J connectivity index is 1.69. The van der Waals surface area contributed by atoms with Gasteiger partial charge in [-0.05, 0) is 62.7 Å². The van der Waals surface area contributed by atoms with E-state index in [2.05, 4.69) is 26.8 Å². The first-order chi connectivity index (χ1) is 11.7. The first-order valence-corrected chi connectivity index (χ1v) is 10.2. The van der Waals surface area contributed by atoms with Gasteiger partial charge in [0.25, 0.3) is 0 Å². The van der Waals surface area contributed by atoms with Crippen molar-refractivity contribution in [2.45, 2.75) is 78.7 Å². The minimum absolute atomic E-state index is 0.0118. The predicted molar refractivity (Wildman–Crippen MR) is 97.8 cm³/mol. The molecule has 3 fully saturated rings. The first kappa shape index (κ1) is 17.6. The van der Waals surface area contributed by atoms with E-state index in [0.29, 0.717) is 24.4 Å². The van der Waals surface area contributed by atoms with E-state index in [-0.39, 0.29) is 28.3 Å². The summed E-state index contributed by atoms with van der Waals surface area (Å²) < 4.78 is 5.51. The maximum atomic E-state index is 11.4. The van der Waals surface area contributed by atoms with Crippen molar-refractivity contribution >= 4 is 5.97 Å². The lowest BCUT2D eigenvalue weighted by Gasteiger charge is -2.64. The molecule has 0 amide bonds. The van der Waals surface area contributed by atoms with Crippen LogP contribution in [0.25, 0.3) is 0 Å². The summed E-state index contributed by atoms with van der Waals surface area (Å²) in [5.74, 6) is 1.39. The van der Waals surface area contributed by atoms with E-state index in [0.717, 1.165) is 25.7 Å². The monoisotopic (exact) mass is 346 g/mol. The van der Waals surface area contributed by atoms with Crippen LogP contribution in [-0.4, -0.2) is 23.8 Å². The third-order valence-electron chi connectivity index (χ3n) is 8.80. The molecule has 4 aliphatic carbocycles. The number of rotatable bonds is 2. The second-order valence-corrected chi connectivity index (χ2v) is 10.1. The van der Waals surface area contributed by atoms with Gasteiger partial charge in [-0.1, -0.05) is 31.9 Å². The Kier molecular flexibility index (Phi) is 3.92. The number of fused-ring (bicyclic) bond motifs is 3. The molecule has 0 heterocycles. The van der Waals surface area contributed by atoms with Crippen LogP contribution >= 0.6 is 0 Å². The summed E-state index contributed by atoms with van der Waals surface area (Å²) >= 11 is 0. The average molecular weight is 347 g/mol. The second-order valence-electron chi connectivity index (χ2n) is 10.1. The van der Waals surface area contributed by atoms with Crippen molar-refractivity contribution in [3.05, 3.63) is 11.6 Å². The maximum absolute atomic E-state index is 11.4. The van der Waals surface area contributed by atoms with Gasteiger partial charge in [-0.2, -0.15) is 0 Å². The number of hydrogen-bond acceptors (Lipinski definition) is 3. The van der Waals surface area contributed by atoms with E-state index < -0.39 is 0 Å². The molecule has 3 saturated carbocycles. The topological polar surface area (TPSA) is 46.5 Å². The minimum atomic E-state index is -0.175. The fourth-order valence-corrected chi connectivity index (χ4v) is 7.83. The van der Waals surface area contributed by atoms with Crippen LogP contribution in [-0.2, 0) is 9.53 Å². The normalized spacial score (nSPS) is 51.3. The van der Waals surface area contributed by atoms with Gasteiger partial charge < -0.3 is 9.84 Å². The smallest absolute Gasteiger partial charge is 0.302 e. The molecule has 1 unspecified atom stereocenters. The molecule has 3 nitrogen and oxygen atoms in total. The lowest BCUT2D eigenvalue weighted by Crippen LogP contribution is -2.60. The number of esters is 1. The Morgan fingerprint density at radius 3 is 2.68 bits per heavy atom. The molecule has 0 radical (unpaired) electrons. The van der Waals surface area contributed by atoms with Crippen LogP contribution in [0.15, 0.2) is 11.6 Å². The van der Waals surface area contributed by atoms with Crippen molar-refractivity contribution in [2.75, 3.05) is 6.61 Å². The predicted octanol–water partition coefficient (Wildman–Crippen LogP) is 4.49. The molecule has 140 valence electrons. The van der Waals surface area contributed by atoms with Crippen LogP contribution in [0.5, 0.6) is 0 Å². The zero-order valence-corrected chi connectivity index (χ0v) is 16.3. The molecular formula is C22H34O3. The molecule has 0 saturated heterocycles. The second kappa shape index (κ2) is 5.58. The van der Waals surface area contributed by atoms with Crippen LogP contribution in [0, 0.1) is 34.0 Å². The Hall–Kier alpha value is -0.830. The standard InChI is InChI=1S/C22H34O3/c1-14-12-22-11-8-17-20(3,13-25-15(2)23)9-5-10-21(17,4)18(22)7-6-16(14)19(22)24/h12,16-19,24H,5-11,13H2,1-4H3/t16-,17-,18+,19?,20-,21-,22+/m1/s1. The summed E-state index contributed by atoms with van der Waals surface area (Å²) in [6.45, 7) is 9.13. The number of aliphatic hydroxyl groups is 1. The molecule has 1 spiro atoms. The highest BCUT2D eigenvalue weighted by molar-refractivity contribution is 5.65. The molecular weight excluding hydrogens is 312 g/mol. The van der Waals surface area contributed by atoms with E-state index in [4.69, 9.17) is 4.74 Å². The summed E-state index contributed by atoms with van der Waals surface area (Å²) in [6, 6.07) is 0. The van der Waals surface area contributed by atoms with Crippen molar-refractivity contribution in [1.29, 1.82) is 0 Å². The molecule has 25 heavy (non-hydrogen) atoms. The Morgan fingerprint density at radius 2 is 1.96 bits per heavy atom. The van der Waals surface area contributed by atoms with Crippen molar-refractivity contribution in [2.24, 2.45) is 34.0 Å². The van der Waals surface area contributed by atoms with Gasteiger partial charge in [0.05, 0.1) is 12.7 Å². The van der Waals surface area contributed by atoms with Gasteiger partial charge in [0, 0.05) is 23.7 Å². The van der Waals surface area contributed by atoms with Gasteiger partial charge in [0.2, 0.25) is 0 Å². The molecule has 3 heteroatoms. The molecule has 4 aliphatic rings. The van der Waals surface area contributed by atoms with Crippen LogP contribution in [0.1, 0.15) is 72.6 Å². The number of carbonyl (C=O) groups is 1. The summed E-state index contributed by atoms with van der Waals surface area (Å²) in [6.07, 6.45) is 10.5. The molecule has 0 aromatic heterocycles. The fourth-order valence-electron chi connectivity index (χ4n) is 7.83. The molecule has 4 rings (SSSR count). The van der Waals surface area contributed by atoms with Crippen LogP contribution in [0.4, 0.5) is 0 Å². The van der Waals surface area contributed by atoms with Crippen molar-refractivity contribution in [3.8, 4) is 0 Å². The molecule has 0 aromatic rings. The van der Waals surface area contributed by atoms with Gasteiger partial charge >= 0.3 is 5.97 Å². The largest absolute Gasteiger partial charge is 0.465 e. The Morgan fingerprint density at radius 1 is 1.20 bits per heavy atom. The first-order valence-electron chi connectivity index (χ1n) is 10.2. The van der Waals surface area contributed by atoms with Crippen LogP contribution in [0.2, 0.25) is 0 Å². The molecule has 2 bridgehead atoms. The lowest BCUT2D eigenvalue weighted by atomic mass is 9.40. The van der Waals surface area contributed by atoms with Crippen LogP contribution in [0.3, 0.4) is 0 Å². The average Bonchev–Trinajstić information content (AvgIpc) is 2.68. The van der Waals surface area contributed by atoms with E-state index in [1.807, 2.05) is 0 Å². The van der Waals surface area contributed by atoms with Gasteiger partial charge in [0.15, 0.2) is 0 Å². The quantitative estimate of drug-likeness (QED) is 0.592. The van der Waals surface area contributed by atoms with Crippen molar-refractivity contribution < 1.29 is 14.6 Å². The van der Waals surface area contributed by atoms with E-state index in [1.54, 1.807) is 0 Å². The fraction of sp³-hybridized carbons (Fsp3) is 0.864. The van der Waals surface area contributed by atoms with E-state index in [1.165, 1.54) is 31.8 Å². The Labute approximate surface area is 152 Å². The van der Waals surface area contributed by atoms with Crippen LogP contribution < -0.4 is 0 Å². The third kappa shape index (κ3) is 2.30. The molecule has 0 aliphatic heterocycles. The molecule has 1 N–H and O–H groups in total. The van der Waals surface area contributed by atoms with Gasteiger partial charge in [0.1, 0.15) is 0 Å². The zero-order chi connectivity index (χ0) is 18.0. The number of hydrogen-bond donors (Lipinski definition) is 1. The maximum Gasteiger partial charge on any atom is 0.302 e. The number of carbonyl (C=O) groups excluding carboxylic acids is 1. The van der Waals surface area contributed by atoms with Gasteiger partial charge in [-0.3, -0.25) is 4.79 Å². The zero-order valence-electron chi connectivity index (χ0n) is 16.3. The highest BCUT2D eigenvalue weighted by Crippen LogP contribution is 2.70. The number of aliphatic hydroxyl groups excluding tert-OH is 1. The lowest BCUT2D eigenvalue weighted by molar-refractivity contribution is -0.187.